The van der Waals surface area contributed by atoms with Gasteiger partial charge in [-0.2, -0.15) is 0 Å². The monoisotopic (exact) mass is 519 g/mol. The first-order valence-electron chi connectivity index (χ1n) is 12.3. The van der Waals surface area contributed by atoms with Gasteiger partial charge in [0.15, 0.2) is 0 Å². The number of benzene rings is 1. The molecule has 2 fully saturated rings. The Labute approximate surface area is 216 Å². The third kappa shape index (κ3) is 6.14. The van der Waals surface area contributed by atoms with Crippen LogP contribution in [0.15, 0.2) is 30.3 Å². The van der Waals surface area contributed by atoms with Crippen LogP contribution in [0.4, 0.5) is 4.79 Å². The smallest absolute Gasteiger partial charge is 0.411 e. The minimum atomic E-state index is -1.07. The van der Waals surface area contributed by atoms with Crippen LogP contribution >= 0.6 is 11.8 Å². The fraction of sp³-hybridized carbons (Fsp3) is 0.615. The first-order chi connectivity index (χ1) is 16.9. The van der Waals surface area contributed by atoms with Crippen LogP contribution in [0.25, 0.3) is 0 Å². The molecule has 2 aliphatic heterocycles. The van der Waals surface area contributed by atoms with Crippen LogP contribution in [0.2, 0.25) is 0 Å². The molecule has 2 heterocycles. The van der Waals surface area contributed by atoms with Gasteiger partial charge in [0.25, 0.3) is 0 Å². The van der Waals surface area contributed by atoms with Crippen molar-refractivity contribution < 1.29 is 29.0 Å². The Morgan fingerprint density at radius 2 is 1.72 bits per heavy atom. The summed E-state index contributed by atoms with van der Waals surface area (Å²) in [7, 11) is 0. The number of carboxylic acid groups (broad SMARTS) is 1. The fourth-order valence-corrected chi connectivity index (χ4v) is 5.80. The number of aliphatic carboxylic acids is 1. The number of carbonyl (C=O) groups excluding carboxylic acids is 3. The van der Waals surface area contributed by atoms with Gasteiger partial charge in [0.2, 0.25) is 11.8 Å². The Morgan fingerprint density at radius 3 is 2.25 bits per heavy atom. The molecule has 0 saturated carbocycles. The fourth-order valence-electron chi connectivity index (χ4n) is 4.66. The normalized spacial score (nSPS) is 20.7. The van der Waals surface area contributed by atoms with E-state index in [4.69, 9.17) is 4.74 Å². The van der Waals surface area contributed by atoms with Crippen molar-refractivity contribution in [3.8, 4) is 0 Å². The Kier molecular flexibility index (Phi) is 8.59. The lowest BCUT2D eigenvalue weighted by Gasteiger charge is -2.42. The number of thioether (sulfide) groups is 1. The standard InChI is InChI=1S/C26H37N3O6S/c1-17(2)20(22(31)32)27-23(33)26(18-9-7-6-8-10-18)11-13-28(14-12-26)21(30)19-15-36-16-29(19)24(34)35-25(3,4)5/h6-10,17,19-20H,11-16H2,1-5H3,(H,27,33)(H,31,32)/t19-,20+/m0/s1. The zero-order valence-corrected chi connectivity index (χ0v) is 22.5. The summed E-state index contributed by atoms with van der Waals surface area (Å²) in [4.78, 5) is 54.6. The maximum atomic E-state index is 13.6. The van der Waals surface area contributed by atoms with E-state index in [9.17, 15) is 24.3 Å². The third-order valence-corrected chi connectivity index (χ3v) is 7.72. The van der Waals surface area contributed by atoms with Gasteiger partial charge in [0.05, 0.1) is 11.3 Å². The van der Waals surface area contributed by atoms with Crippen LogP contribution in [0.1, 0.15) is 53.0 Å². The van der Waals surface area contributed by atoms with Crippen molar-refractivity contribution in [1.29, 1.82) is 0 Å². The van der Waals surface area contributed by atoms with Gasteiger partial charge in [0, 0.05) is 18.8 Å². The van der Waals surface area contributed by atoms with Gasteiger partial charge in [-0.1, -0.05) is 44.2 Å². The number of nitrogens with zero attached hydrogens (tertiary/aromatic N) is 2. The Hall–Kier alpha value is -2.75. The molecular formula is C26H37N3O6S. The first kappa shape index (κ1) is 27.8. The number of carbonyl (C=O) groups is 4. The molecule has 198 valence electrons. The highest BCUT2D eigenvalue weighted by Gasteiger charge is 2.47. The number of hydrogen-bond donors (Lipinski definition) is 2. The molecule has 0 aromatic heterocycles. The van der Waals surface area contributed by atoms with Gasteiger partial charge in [0.1, 0.15) is 17.7 Å². The lowest BCUT2D eigenvalue weighted by Crippen LogP contribution is -2.58. The van der Waals surface area contributed by atoms with Crippen molar-refractivity contribution in [1.82, 2.24) is 15.1 Å². The Bertz CT molecular complexity index is 970. The molecule has 0 unspecified atom stereocenters. The number of piperidine rings is 1. The maximum absolute atomic E-state index is 13.6. The molecule has 36 heavy (non-hydrogen) atoms. The molecule has 2 saturated heterocycles. The van der Waals surface area contributed by atoms with Crippen molar-refractivity contribution in [3.05, 3.63) is 35.9 Å². The van der Waals surface area contributed by atoms with E-state index in [1.54, 1.807) is 39.5 Å². The number of nitrogens with one attached hydrogen (secondary N) is 1. The summed E-state index contributed by atoms with van der Waals surface area (Å²) in [5.74, 6) is -0.962. The summed E-state index contributed by atoms with van der Waals surface area (Å²) in [6.45, 7) is 9.53. The highest BCUT2D eigenvalue weighted by atomic mass is 32.2. The van der Waals surface area contributed by atoms with Gasteiger partial charge in [-0.25, -0.2) is 9.59 Å². The van der Waals surface area contributed by atoms with Crippen LogP contribution < -0.4 is 5.32 Å². The second-order valence-corrected chi connectivity index (χ2v) is 11.8. The Morgan fingerprint density at radius 1 is 1.11 bits per heavy atom. The van der Waals surface area contributed by atoms with E-state index >= 15 is 0 Å². The number of rotatable bonds is 6. The minimum absolute atomic E-state index is 0.154. The van der Waals surface area contributed by atoms with E-state index in [-0.39, 0.29) is 17.7 Å². The van der Waals surface area contributed by atoms with Crippen LogP contribution in [0.3, 0.4) is 0 Å². The molecule has 0 radical (unpaired) electrons. The molecule has 3 amide bonds. The molecule has 2 atom stereocenters. The van der Waals surface area contributed by atoms with Gasteiger partial charge in [-0.05, 0) is 45.1 Å². The van der Waals surface area contributed by atoms with E-state index in [0.717, 1.165) is 5.56 Å². The Balaban J connectivity index is 1.77. The van der Waals surface area contributed by atoms with Crippen LogP contribution in [0.5, 0.6) is 0 Å². The van der Waals surface area contributed by atoms with Crippen molar-refractivity contribution in [2.75, 3.05) is 24.7 Å². The minimum Gasteiger partial charge on any atom is -0.480 e. The molecule has 1 aromatic rings. The van der Waals surface area contributed by atoms with Crippen LogP contribution in [-0.4, -0.2) is 81.2 Å². The highest BCUT2D eigenvalue weighted by molar-refractivity contribution is 7.99. The number of likely N-dealkylation sites (tertiary alicyclic amines) is 1. The molecule has 0 bridgehead atoms. The lowest BCUT2D eigenvalue weighted by molar-refractivity contribution is -0.145. The van der Waals surface area contributed by atoms with Crippen molar-refractivity contribution in [2.45, 2.75) is 70.6 Å². The lowest BCUT2D eigenvalue weighted by atomic mass is 9.71. The summed E-state index contributed by atoms with van der Waals surface area (Å²) in [6.07, 6.45) is 0.200. The highest BCUT2D eigenvalue weighted by Crippen LogP contribution is 2.37. The predicted molar refractivity (Wildman–Crippen MR) is 138 cm³/mol. The molecule has 10 heteroatoms. The van der Waals surface area contributed by atoms with E-state index in [2.05, 4.69) is 5.32 Å². The summed E-state index contributed by atoms with van der Waals surface area (Å²) >= 11 is 1.51. The number of carboxylic acids is 1. The zero-order chi connectivity index (χ0) is 26.7. The zero-order valence-electron chi connectivity index (χ0n) is 21.7. The summed E-state index contributed by atoms with van der Waals surface area (Å²) < 4.78 is 5.49. The second-order valence-electron chi connectivity index (χ2n) is 10.8. The van der Waals surface area contributed by atoms with Crippen LogP contribution in [-0.2, 0) is 24.5 Å². The predicted octanol–water partition coefficient (Wildman–Crippen LogP) is 3.08. The summed E-state index contributed by atoms with van der Waals surface area (Å²) in [5, 5.41) is 12.4. The first-order valence-corrected chi connectivity index (χ1v) is 13.5. The van der Waals surface area contributed by atoms with Crippen molar-refractivity contribution >= 4 is 35.6 Å². The number of ether oxygens (including phenoxy) is 1. The van der Waals surface area contributed by atoms with Gasteiger partial charge < -0.3 is 20.1 Å². The van der Waals surface area contributed by atoms with E-state index < -0.39 is 35.2 Å². The van der Waals surface area contributed by atoms with E-state index in [1.165, 1.54) is 16.7 Å². The molecule has 3 rings (SSSR count). The SMILES string of the molecule is CC(C)[C@@H](NC(=O)C1(c2ccccc2)CCN(C(=O)[C@@H]2CSCN2C(=O)OC(C)(C)C)CC1)C(=O)O. The largest absolute Gasteiger partial charge is 0.480 e. The molecule has 0 spiro atoms. The average molecular weight is 520 g/mol. The molecule has 2 aliphatic rings. The van der Waals surface area contributed by atoms with Crippen molar-refractivity contribution in [3.63, 3.8) is 0 Å². The van der Waals surface area contributed by atoms with E-state index in [0.29, 0.717) is 37.6 Å². The van der Waals surface area contributed by atoms with Gasteiger partial charge >= 0.3 is 12.1 Å². The van der Waals surface area contributed by atoms with Gasteiger partial charge in [-0.15, -0.1) is 11.8 Å². The van der Waals surface area contributed by atoms with Crippen molar-refractivity contribution in [2.24, 2.45) is 5.92 Å². The maximum Gasteiger partial charge on any atom is 0.411 e. The van der Waals surface area contributed by atoms with E-state index in [1.807, 2.05) is 30.3 Å². The van der Waals surface area contributed by atoms with Gasteiger partial charge in [-0.3, -0.25) is 14.5 Å². The summed E-state index contributed by atoms with van der Waals surface area (Å²) in [5.41, 5.74) is -0.805. The molecule has 1 aromatic carbocycles. The molecule has 2 N–H and O–H groups in total. The van der Waals surface area contributed by atoms with Crippen LogP contribution in [0, 0.1) is 5.92 Å². The number of amides is 3. The molecule has 9 nitrogen and oxygen atoms in total. The third-order valence-electron chi connectivity index (χ3n) is 6.70. The summed E-state index contributed by atoms with van der Waals surface area (Å²) in [6, 6.07) is 7.71. The average Bonchev–Trinajstić information content (AvgIpc) is 3.31. The molecular weight excluding hydrogens is 482 g/mol. The molecule has 0 aliphatic carbocycles. The quantitative estimate of drug-likeness (QED) is 0.593. The number of hydrogen-bond acceptors (Lipinski definition) is 6. The topological polar surface area (TPSA) is 116 Å². The second kappa shape index (κ2) is 11.1.